The van der Waals surface area contributed by atoms with Gasteiger partial charge < -0.3 is 9.84 Å². The number of sulfonamides is 1. The first-order chi connectivity index (χ1) is 12.6. The second-order valence-electron chi connectivity index (χ2n) is 6.05. The van der Waals surface area contributed by atoms with E-state index in [1.54, 1.807) is 24.3 Å². The van der Waals surface area contributed by atoms with Gasteiger partial charge in [0.2, 0.25) is 0 Å². The highest BCUT2D eigenvalue weighted by atomic mass is 35.5. The van der Waals surface area contributed by atoms with Gasteiger partial charge in [-0.2, -0.15) is 0 Å². The zero-order valence-corrected chi connectivity index (χ0v) is 17.3. The second-order valence-corrected chi connectivity index (χ2v) is 8.63. The summed E-state index contributed by atoms with van der Waals surface area (Å²) in [6, 6.07) is 9.24. The average Bonchev–Trinajstić information content (AvgIpc) is 2.61. The number of hydrogen-bond donors (Lipinski definition) is 1. The van der Waals surface area contributed by atoms with Gasteiger partial charge in [0.05, 0.1) is 17.8 Å². The molecule has 0 spiro atoms. The molecule has 9 heteroatoms. The molecule has 0 aliphatic heterocycles. The molecular weight excluding hydrogens is 413 g/mol. The van der Waals surface area contributed by atoms with Gasteiger partial charge in [0.1, 0.15) is 22.2 Å². The van der Waals surface area contributed by atoms with Crippen LogP contribution in [0.5, 0.6) is 5.75 Å². The maximum absolute atomic E-state index is 13.1. The molecule has 146 valence electrons. The molecule has 27 heavy (non-hydrogen) atoms. The summed E-state index contributed by atoms with van der Waals surface area (Å²) in [7, 11) is -2.91. The Bertz CT molecular complexity index is 943. The fraction of sp³-hybridized carbons (Fsp3) is 0.278. The molecule has 6 nitrogen and oxygen atoms in total. The lowest BCUT2D eigenvalue weighted by Crippen LogP contribution is -2.36. The largest absolute Gasteiger partial charge is 0.495 e. The van der Waals surface area contributed by atoms with Crippen LogP contribution < -0.4 is 9.04 Å². The minimum absolute atomic E-state index is 0.0642. The van der Waals surface area contributed by atoms with Crippen molar-refractivity contribution in [2.45, 2.75) is 24.7 Å². The van der Waals surface area contributed by atoms with Crippen LogP contribution in [0, 0.1) is 0 Å². The molecule has 0 aromatic heterocycles. The Labute approximate surface area is 168 Å². The van der Waals surface area contributed by atoms with Crippen LogP contribution in [-0.4, -0.2) is 33.1 Å². The third kappa shape index (κ3) is 4.48. The number of halogens is 2. The first-order valence-electron chi connectivity index (χ1n) is 7.96. The molecule has 0 saturated carbocycles. The SMILES string of the molecule is COc1ccc(S(=O)(=O)N(CC(=O)O)c2ccc(C(C)C)cc2)c(Cl)c1Cl. The summed E-state index contributed by atoms with van der Waals surface area (Å²) in [5.41, 5.74) is 1.21. The third-order valence-electron chi connectivity index (χ3n) is 3.93. The van der Waals surface area contributed by atoms with Crippen LogP contribution in [-0.2, 0) is 14.8 Å². The van der Waals surface area contributed by atoms with Crippen LogP contribution in [0.2, 0.25) is 10.0 Å². The zero-order valence-electron chi connectivity index (χ0n) is 14.9. The van der Waals surface area contributed by atoms with Crippen LogP contribution in [0.3, 0.4) is 0 Å². The van der Waals surface area contributed by atoms with Gasteiger partial charge in [-0.25, -0.2) is 8.42 Å². The number of aliphatic carboxylic acids is 1. The lowest BCUT2D eigenvalue weighted by molar-refractivity contribution is -0.135. The topological polar surface area (TPSA) is 83.9 Å². The van der Waals surface area contributed by atoms with E-state index in [0.717, 1.165) is 9.87 Å². The molecule has 0 bridgehead atoms. The number of benzene rings is 2. The second kappa shape index (κ2) is 8.37. The van der Waals surface area contributed by atoms with Crippen molar-refractivity contribution in [2.24, 2.45) is 0 Å². The molecular formula is C18H19Cl2NO5S. The molecule has 0 heterocycles. The highest BCUT2D eigenvalue weighted by Gasteiger charge is 2.30. The van der Waals surface area contributed by atoms with Gasteiger partial charge in [-0.3, -0.25) is 9.10 Å². The predicted molar refractivity (Wildman–Crippen MR) is 106 cm³/mol. The Morgan fingerprint density at radius 1 is 1.11 bits per heavy atom. The summed E-state index contributed by atoms with van der Waals surface area (Å²) in [6.07, 6.45) is 0. The Morgan fingerprint density at radius 3 is 2.19 bits per heavy atom. The van der Waals surface area contributed by atoms with Gasteiger partial charge in [-0.1, -0.05) is 49.2 Å². The normalized spacial score (nSPS) is 11.5. The van der Waals surface area contributed by atoms with Crippen molar-refractivity contribution < 1.29 is 23.1 Å². The van der Waals surface area contributed by atoms with E-state index in [2.05, 4.69) is 0 Å². The number of hydrogen-bond acceptors (Lipinski definition) is 4. The summed E-state index contributed by atoms with van der Waals surface area (Å²) in [5, 5.41) is 8.92. The van der Waals surface area contributed by atoms with Crippen LogP contribution in [0.25, 0.3) is 0 Å². The average molecular weight is 432 g/mol. The highest BCUT2D eigenvalue weighted by molar-refractivity contribution is 7.93. The quantitative estimate of drug-likeness (QED) is 0.701. The Morgan fingerprint density at radius 2 is 1.70 bits per heavy atom. The lowest BCUT2D eigenvalue weighted by Gasteiger charge is -2.24. The predicted octanol–water partition coefficient (Wildman–Crippen LogP) is 4.41. The number of nitrogens with zero attached hydrogens (tertiary/aromatic N) is 1. The zero-order chi connectivity index (χ0) is 20.4. The first-order valence-corrected chi connectivity index (χ1v) is 10.2. The molecule has 2 rings (SSSR count). The number of anilines is 1. The van der Waals surface area contributed by atoms with Gasteiger partial charge in [0.25, 0.3) is 10.0 Å². The van der Waals surface area contributed by atoms with E-state index in [4.69, 9.17) is 27.9 Å². The monoisotopic (exact) mass is 431 g/mol. The number of rotatable bonds is 7. The number of carboxylic acids is 1. The lowest BCUT2D eigenvalue weighted by atomic mass is 10.0. The summed E-state index contributed by atoms with van der Waals surface area (Å²) in [4.78, 5) is 11.0. The minimum Gasteiger partial charge on any atom is -0.495 e. The maximum atomic E-state index is 13.1. The minimum atomic E-state index is -4.28. The van der Waals surface area contributed by atoms with Crippen LogP contribution in [0.15, 0.2) is 41.3 Å². The molecule has 2 aromatic carbocycles. The summed E-state index contributed by atoms with van der Waals surface area (Å²) in [5.74, 6) is -0.840. The van der Waals surface area contributed by atoms with Gasteiger partial charge in [-0.15, -0.1) is 0 Å². The van der Waals surface area contributed by atoms with E-state index < -0.39 is 22.5 Å². The molecule has 0 saturated heterocycles. The van der Waals surface area contributed by atoms with Gasteiger partial charge in [0.15, 0.2) is 0 Å². The van der Waals surface area contributed by atoms with Crippen LogP contribution >= 0.6 is 23.2 Å². The Hall–Kier alpha value is -1.96. The molecule has 0 amide bonds. The molecule has 0 unspecified atom stereocenters. The number of carboxylic acid groups (broad SMARTS) is 1. The fourth-order valence-electron chi connectivity index (χ4n) is 2.45. The molecule has 0 fully saturated rings. The standard InChI is InChI=1S/C18H19Cl2NO5S/c1-11(2)12-4-6-13(7-5-12)21(10-16(22)23)27(24,25)15-9-8-14(26-3)17(19)18(15)20/h4-9,11H,10H2,1-3H3,(H,22,23). The van der Waals surface area contributed by atoms with Crippen molar-refractivity contribution >= 4 is 44.9 Å². The highest BCUT2D eigenvalue weighted by Crippen LogP contribution is 2.38. The Balaban J connectivity index is 2.58. The van der Waals surface area contributed by atoms with Crippen LogP contribution in [0.4, 0.5) is 5.69 Å². The van der Waals surface area contributed by atoms with E-state index >= 15 is 0 Å². The van der Waals surface area contributed by atoms with Crippen molar-refractivity contribution in [1.82, 2.24) is 0 Å². The van der Waals surface area contributed by atoms with E-state index in [-0.39, 0.29) is 32.3 Å². The number of methoxy groups -OCH3 is 1. The van der Waals surface area contributed by atoms with E-state index in [1.807, 2.05) is 13.8 Å². The van der Waals surface area contributed by atoms with E-state index in [9.17, 15) is 18.3 Å². The molecule has 2 aromatic rings. The smallest absolute Gasteiger partial charge is 0.324 e. The van der Waals surface area contributed by atoms with Gasteiger partial charge >= 0.3 is 5.97 Å². The van der Waals surface area contributed by atoms with Crippen molar-refractivity contribution in [2.75, 3.05) is 18.0 Å². The van der Waals surface area contributed by atoms with Crippen LogP contribution in [0.1, 0.15) is 25.3 Å². The number of carbonyl (C=O) groups is 1. The molecule has 0 radical (unpaired) electrons. The molecule has 0 aliphatic carbocycles. The van der Waals surface area contributed by atoms with Crippen molar-refractivity contribution in [3.63, 3.8) is 0 Å². The maximum Gasteiger partial charge on any atom is 0.324 e. The summed E-state index contributed by atoms with van der Waals surface area (Å²) in [6.45, 7) is 3.24. The van der Waals surface area contributed by atoms with E-state index in [1.165, 1.54) is 19.2 Å². The molecule has 0 atom stereocenters. The molecule has 1 N–H and O–H groups in total. The van der Waals surface area contributed by atoms with Gasteiger partial charge in [-0.05, 0) is 35.7 Å². The summed E-state index contributed by atoms with van der Waals surface area (Å²) >= 11 is 12.2. The Kier molecular flexibility index (Phi) is 6.62. The van der Waals surface area contributed by atoms with Crippen molar-refractivity contribution in [1.29, 1.82) is 0 Å². The number of ether oxygens (including phenoxy) is 1. The summed E-state index contributed by atoms with van der Waals surface area (Å²) < 4.78 is 32.1. The van der Waals surface area contributed by atoms with E-state index in [0.29, 0.717) is 0 Å². The third-order valence-corrected chi connectivity index (χ3v) is 6.72. The first kappa shape index (κ1) is 21.3. The molecule has 0 aliphatic rings. The van der Waals surface area contributed by atoms with Crippen molar-refractivity contribution in [3.05, 3.63) is 52.0 Å². The fourth-order valence-corrected chi connectivity index (χ4v) is 4.69. The van der Waals surface area contributed by atoms with Crippen molar-refractivity contribution in [3.8, 4) is 5.75 Å². The van der Waals surface area contributed by atoms with Gasteiger partial charge in [0, 0.05) is 0 Å².